The summed E-state index contributed by atoms with van der Waals surface area (Å²) in [6.45, 7) is 0. The molecule has 3 aromatic rings. The zero-order valence-electron chi connectivity index (χ0n) is 15.4. The molecule has 8 heteroatoms. The number of carbonyl (C=O) groups is 1. The summed E-state index contributed by atoms with van der Waals surface area (Å²) in [6, 6.07) is 7.94. The number of carbonyl (C=O) groups excluding carboxylic acids is 1. The van der Waals surface area contributed by atoms with Crippen LogP contribution in [0.1, 0.15) is 21.6 Å². The van der Waals surface area contributed by atoms with Crippen LogP contribution in [0.25, 0.3) is 11.4 Å². The minimum atomic E-state index is -0.527. The summed E-state index contributed by atoms with van der Waals surface area (Å²) in [7, 11) is 5.72. The lowest BCUT2D eigenvalue weighted by atomic mass is 9.93. The molecule has 2 N–H and O–H groups in total. The Kier molecular flexibility index (Phi) is 4.02. The number of primary amides is 1. The van der Waals surface area contributed by atoms with Gasteiger partial charge in [0, 0.05) is 44.7 Å². The Bertz CT molecular complexity index is 1040. The van der Waals surface area contributed by atoms with Gasteiger partial charge in [-0.2, -0.15) is 10.1 Å². The standard InChI is InChI=1S/C19H20N6O2/c1-24(2)12-5-4-6-13(9-12)27-19-21-10-11-7-8-14-16(18(20)26)23-25(3)17(14)15(11)22-19/h4-6,9-10H,7-8H2,1-3H3,(H2,20,26). The first kappa shape index (κ1) is 17.0. The summed E-state index contributed by atoms with van der Waals surface area (Å²) in [5.41, 5.74) is 10.1. The molecule has 0 spiro atoms. The SMILES string of the molecule is CN(C)c1cccc(Oc2ncc3c(n2)-c2c(c(C(N)=O)nn2C)CC3)c1. The van der Waals surface area contributed by atoms with Crippen molar-refractivity contribution >= 4 is 11.6 Å². The van der Waals surface area contributed by atoms with E-state index in [4.69, 9.17) is 10.5 Å². The number of aryl methyl sites for hydroxylation is 2. The number of ether oxygens (including phenoxy) is 1. The molecule has 1 aliphatic carbocycles. The highest BCUT2D eigenvalue weighted by Crippen LogP contribution is 2.34. The van der Waals surface area contributed by atoms with Gasteiger partial charge in [0.25, 0.3) is 5.91 Å². The topological polar surface area (TPSA) is 99.2 Å². The second-order valence-electron chi connectivity index (χ2n) is 6.68. The van der Waals surface area contributed by atoms with Crippen LogP contribution in [0, 0.1) is 0 Å². The van der Waals surface area contributed by atoms with Crippen molar-refractivity contribution < 1.29 is 9.53 Å². The van der Waals surface area contributed by atoms with E-state index >= 15 is 0 Å². The monoisotopic (exact) mass is 364 g/mol. The third-order valence-electron chi connectivity index (χ3n) is 4.63. The van der Waals surface area contributed by atoms with Crippen LogP contribution in [-0.2, 0) is 19.9 Å². The number of benzene rings is 1. The fraction of sp³-hybridized carbons (Fsp3) is 0.263. The highest BCUT2D eigenvalue weighted by molar-refractivity contribution is 5.94. The summed E-state index contributed by atoms with van der Waals surface area (Å²) in [4.78, 5) is 22.6. The zero-order chi connectivity index (χ0) is 19.1. The first-order valence-electron chi connectivity index (χ1n) is 8.61. The molecule has 138 valence electrons. The van der Waals surface area contributed by atoms with Gasteiger partial charge in [-0.3, -0.25) is 9.48 Å². The molecule has 1 amide bonds. The maximum Gasteiger partial charge on any atom is 0.322 e. The smallest absolute Gasteiger partial charge is 0.322 e. The van der Waals surface area contributed by atoms with Gasteiger partial charge >= 0.3 is 6.01 Å². The molecule has 1 aromatic carbocycles. The number of hydrogen-bond donors (Lipinski definition) is 1. The quantitative estimate of drug-likeness (QED) is 0.759. The van der Waals surface area contributed by atoms with Crippen LogP contribution in [0.5, 0.6) is 11.8 Å². The van der Waals surface area contributed by atoms with Crippen LogP contribution in [0.2, 0.25) is 0 Å². The molecule has 0 unspecified atom stereocenters. The van der Waals surface area contributed by atoms with E-state index in [-0.39, 0.29) is 6.01 Å². The number of rotatable bonds is 4. The fourth-order valence-electron chi connectivity index (χ4n) is 3.32. The summed E-state index contributed by atoms with van der Waals surface area (Å²) in [6.07, 6.45) is 3.18. The highest BCUT2D eigenvalue weighted by Gasteiger charge is 2.28. The Morgan fingerprint density at radius 1 is 1.30 bits per heavy atom. The van der Waals surface area contributed by atoms with Crippen molar-refractivity contribution in [1.82, 2.24) is 19.7 Å². The molecular formula is C19H20N6O2. The van der Waals surface area contributed by atoms with Crippen LogP contribution in [-0.4, -0.2) is 39.8 Å². The second-order valence-corrected chi connectivity index (χ2v) is 6.68. The average molecular weight is 364 g/mol. The van der Waals surface area contributed by atoms with Crippen LogP contribution in [0.4, 0.5) is 5.69 Å². The van der Waals surface area contributed by atoms with Crippen molar-refractivity contribution in [3.8, 4) is 23.1 Å². The maximum atomic E-state index is 11.7. The first-order chi connectivity index (χ1) is 12.9. The molecular weight excluding hydrogens is 344 g/mol. The molecule has 0 aliphatic heterocycles. The normalized spacial score (nSPS) is 12.3. The zero-order valence-corrected chi connectivity index (χ0v) is 15.4. The molecule has 0 radical (unpaired) electrons. The molecule has 0 saturated heterocycles. The Labute approximate surface area is 156 Å². The van der Waals surface area contributed by atoms with Gasteiger partial charge in [-0.05, 0) is 30.5 Å². The fourth-order valence-corrected chi connectivity index (χ4v) is 3.32. The van der Waals surface area contributed by atoms with Crippen molar-refractivity contribution in [3.63, 3.8) is 0 Å². The van der Waals surface area contributed by atoms with Gasteiger partial charge in [0.2, 0.25) is 0 Å². The molecule has 0 saturated carbocycles. The summed E-state index contributed by atoms with van der Waals surface area (Å²) < 4.78 is 7.52. The third-order valence-corrected chi connectivity index (χ3v) is 4.63. The second kappa shape index (κ2) is 6.39. The molecule has 27 heavy (non-hydrogen) atoms. The lowest BCUT2D eigenvalue weighted by Crippen LogP contribution is -2.15. The van der Waals surface area contributed by atoms with Crippen molar-refractivity contribution in [1.29, 1.82) is 0 Å². The number of nitrogens with two attached hydrogens (primary N) is 1. The molecule has 4 rings (SSSR count). The number of aromatic nitrogens is 4. The summed E-state index contributed by atoms with van der Waals surface area (Å²) >= 11 is 0. The third kappa shape index (κ3) is 2.99. The average Bonchev–Trinajstić information content (AvgIpc) is 2.99. The van der Waals surface area contributed by atoms with Gasteiger partial charge in [-0.25, -0.2) is 4.98 Å². The Hall–Kier alpha value is -3.42. The minimum absolute atomic E-state index is 0.249. The summed E-state index contributed by atoms with van der Waals surface area (Å²) in [5, 5.41) is 4.27. The van der Waals surface area contributed by atoms with Crippen LogP contribution in [0.15, 0.2) is 30.5 Å². The van der Waals surface area contributed by atoms with Crippen molar-refractivity contribution in [3.05, 3.63) is 47.3 Å². The van der Waals surface area contributed by atoms with E-state index in [9.17, 15) is 4.79 Å². The van der Waals surface area contributed by atoms with E-state index in [1.807, 2.05) is 43.3 Å². The highest BCUT2D eigenvalue weighted by atomic mass is 16.5. The molecule has 0 atom stereocenters. The Morgan fingerprint density at radius 3 is 2.85 bits per heavy atom. The Balaban J connectivity index is 1.73. The molecule has 2 heterocycles. The number of hydrogen-bond acceptors (Lipinski definition) is 6. The predicted octanol–water partition coefficient (Wildman–Crippen LogP) is 1.93. The number of nitrogens with zero attached hydrogens (tertiary/aromatic N) is 5. The van der Waals surface area contributed by atoms with Gasteiger partial charge in [0.15, 0.2) is 5.69 Å². The largest absolute Gasteiger partial charge is 0.424 e. The number of anilines is 1. The minimum Gasteiger partial charge on any atom is -0.424 e. The van der Waals surface area contributed by atoms with Gasteiger partial charge < -0.3 is 15.4 Å². The van der Waals surface area contributed by atoms with E-state index in [1.54, 1.807) is 17.9 Å². The van der Waals surface area contributed by atoms with Crippen LogP contribution >= 0.6 is 0 Å². The lowest BCUT2D eigenvalue weighted by molar-refractivity contribution is 0.0994. The van der Waals surface area contributed by atoms with Gasteiger partial charge in [0.05, 0.1) is 11.4 Å². The van der Waals surface area contributed by atoms with E-state index in [0.29, 0.717) is 17.9 Å². The lowest BCUT2D eigenvalue weighted by Gasteiger charge is -2.17. The molecule has 2 aromatic heterocycles. The number of amides is 1. The molecule has 1 aliphatic rings. The van der Waals surface area contributed by atoms with Crippen LogP contribution in [0.3, 0.4) is 0 Å². The molecule has 0 bridgehead atoms. The maximum absolute atomic E-state index is 11.7. The summed E-state index contributed by atoms with van der Waals surface area (Å²) in [5.74, 6) is 0.126. The van der Waals surface area contributed by atoms with E-state index in [0.717, 1.165) is 34.6 Å². The number of fused-ring (bicyclic) bond motifs is 3. The van der Waals surface area contributed by atoms with Crippen molar-refractivity contribution in [2.24, 2.45) is 12.8 Å². The first-order valence-corrected chi connectivity index (χ1v) is 8.61. The Morgan fingerprint density at radius 2 is 2.11 bits per heavy atom. The molecule has 0 fully saturated rings. The molecule has 8 nitrogen and oxygen atoms in total. The van der Waals surface area contributed by atoms with E-state index in [2.05, 4.69) is 15.1 Å². The van der Waals surface area contributed by atoms with Gasteiger partial charge in [-0.1, -0.05) is 6.07 Å². The van der Waals surface area contributed by atoms with Crippen molar-refractivity contribution in [2.45, 2.75) is 12.8 Å². The van der Waals surface area contributed by atoms with Gasteiger partial charge in [-0.15, -0.1) is 0 Å². The van der Waals surface area contributed by atoms with Crippen molar-refractivity contribution in [2.75, 3.05) is 19.0 Å². The van der Waals surface area contributed by atoms with Gasteiger partial charge in [0.1, 0.15) is 5.75 Å². The van der Waals surface area contributed by atoms with Crippen LogP contribution < -0.4 is 15.4 Å². The predicted molar refractivity (Wildman–Crippen MR) is 101 cm³/mol. The van der Waals surface area contributed by atoms with E-state index in [1.165, 1.54) is 0 Å². The van der Waals surface area contributed by atoms with E-state index < -0.39 is 5.91 Å².